The first kappa shape index (κ1) is 18.1. The number of hydrazone groups is 1. The van der Waals surface area contributed by atoms with E-state index in [9.17, 15) is 9.59 Å². The van der Waals surface area contributed by atoms with Crippen molar-refractivity contribution in [3.05, 3.63) is 53.1 Å². The molecule has 0 saturated carbocycles. The van der Waals surface area contributed by atoms with Crippen LogP contribution in [-0.2, 0) is 9.59 Å². The number of hydrogen-bond acceptors (Lipinski definition) is 5. The van der Waals surface area contributed by atoms with Gasteiger partial charge in [0.05, 0.1) is 5.69 Å². The Bertz CT molecular complexity index is 838. The van der Waals surface area contributed by atoms with Crippen molar-refractivity contribution in [1.29, 1.82) is 0 Å². The molecule has 1 aliphatic heterocycles. The van der Waals surface area contributed by atoms with Crippen LogP contribution in [0.5, 0.6) is 0 Å². The molecule has 8 heteroatoms. The highest BCUT2D eigenvalue weighted by Crippen LogP contribution is 2.25. The van der Waals surface area contributed by atoms with Crippen molar-refractivity contribution in [2.75, 3.05) is 16.5 Å². The van der Waals surface area contributed by atoms with Gasteiger partial charge in [0.2, 0.25) is 5.91 Å². The SMILES string of the molecule is CCN(C(=O)C1=NN(c2ccccc2)C(C(N)=O)C1)c1ccc(Br)cn1. The highest BCUT2D eigenvalue weighted by Gasteiger charge is 2.36. The summed E-state index contributed by atoms with van der Waals surface area (Å²) in [6, 6.07) is 12.1. The molecule has 2 aromatic rings. The standard InChI is InChI=1S/C18H18BrN5O2/c1-2-23(16-9-8-12(19)11-21-16)18(26)14-10-15(17(20)25)24(22-14)13-6-4-3-5-7-13/h3-9,11,15H,2,10H2,1H3,(H2,20,25). The third kappa shape index (κ3) is 3.60. The highest BCUT2D eigenvalue weighted by molar-refractivity contribution is 9.10. The van der Waals surface area contributed by atoms with Crippen molar-refractivity contribution >= 4 is 45.0 Å². The van der Waals surface area contributed by atoms with Crippen molar-refractivity contribution in [3.8, 4) is 0 Å². The molecule has 1 aromatic carbocycles. The van der Waals surface area contributed by atoms with E-state index in [0.29, 0.717) is 18.1 Å². The first-order valence-electron chi connectivity index (χ1n) is 8.15. The van der Waals surface area contributed by atoms with Crippen LogP contribution in [0, 0.1) is 0 Å². The van der Waals surface area contributed by atoms with Crippen LogP contribution in [0.15, 0.2) is 58.2 Å². The first-order chi connectivity index (χ1) is 12.5. The van der Waals surface area contributed by atoms with Gasteiger partial charge in [0.1, 0.15) is 17.6 Å². The maximum Gasteiger partial charge on any atom is 0.275 e. The molecule has 1 aliphatic rings. The molecule has 0 fully saturated rings. The number of para-hydroxylation sites is 1. The second-order valence-corrected chi connectivity index (χ2v) is 6.65. The van der Waals surface area contributed by atoms with Gasteiger partial charge < -0.3 is 5.73 Å². The Balaban J connectivity index is 1.90. The van der Waals surface area contributed by atoms with Crippen molar-refractivity contribution in [1.82, 2.24) is 4.98 Å². The number of pyridine rings is 1. The molecule has 0 saturated heterocycles. The van der Waals surface area contributed by atoms with Crippen LogP contribution in [0.2, 0.25) is 0 Å². The molecular weight excluding hydrogens is 398 g/mol. The fraction of sp³-hybridized carbons (Fsp3) is 0.222. The predicted octanol–water partition coefficient (Wildman–Crippen LogP) is 2.32. The summed E-state index contributed by atoms with van der Waals surface area (Å²) >= 11 is 3.33. The summed E-state index contributed by atoms with van der Waals surface area (Å²) in [4.78, 5) is 30.6. The molecule has 1 unspecified atom stereocenters. The minimum atomic E-state index is -0.687. The average Bonchev–Trinajstić information content (AvgIpc) is 3.10. The maximum atomic E-state index is 13.0. The highest BCUT2D eigenvalue weighted by atomic mass is 79.9. The number of amides is 2. The predicted molar refractivity (Wildman–Crippen MR) is 104 cm³/mol. The molecular formula is C18H18BrN5O2. The van der Waals surface area contributed by atoms with Gasteiger partial charge in [-0.25, -0.2) is 4.98 Å². The van der Waals surface area contributed by atoms with Crippen molar-refractivity contribution in [3.63, 3.8) is 0 Å². The van der Waals surface area contributed by atoms with Gasteiger partial charge in [0.25, 0.3) is 5.91 Å². The average molecular weight is 416 g/mol. The van der Waals surface area contributed by atoms with Gasteiger partial charge in [-0.05, 0) is 47.1 Å². The second kappa shape index (κ2) is 7.65. The van der Waals surface area contributed by atoms with E-state index in [2.05, 4.69) is 26.0 Å². The van der Waals surface area contributed by atoms with Gasteiger partial charge in [-0.1, -0.05) is 18.2 Å². The van der Waals surface area contributed by atoms with Crippen LogP contribution in [0.25, 0.3) is 0 Å². The van der Waals surface area contributed by atoms with Crippen molar-refractivity contribution < 1.29 is 9.59 Å². The Morgan fingerprint density at radius 1 is 1.27 bits per heavy atom. The largest absolute Gasteiger partial charge is 0.368 e. The summed E-state index contributed by atoms with van der Waals surface area (Å²) in [6.07, 6.45) is 1.79. The number of aromatic nitrogens is 1. The van der Waals surface area contributed by atoms with Crippen molar-refractivity contribution in [2.24, 2.45) is 10.8 Å². The molecule has 2 heterocycles. The minimum absolute atomic E-state index is 0.163. The molecule has 134 valence electrons. The van der Waals surface area contributed by atoms with E-state index >= 15 is 0 Å². The number of nitrogens with zero attached hydrogens (tertiary/aromatic N) is 4. The summed E-state index contributed by atoms with van der Waals surface area (Å²) in [7, 11) is 0. The molecule has 26 heavy (non-hydrogen) atoms. The number of benzene rings is 1. The number of halogens is 1. The molecule has 0 spiro atoms. The van der Waals surface area contributed by atoms with Gasteiger partial charge in [-0.3, -0.25) is 19.5 Å². The van der Waals surface area contributed by atoms with Crippen LogP contribution in [0.4, 0.5) is 11.5 Å². The summed E-state index contributed by atoms with van der Waals surface area (Å²) < 4.78 is 0.826. The third-order valence-corrected chi connectivity index (χ3v) is 4.53. The summed E-state index contributed by atoms with van der Waals surface area (Å²) in [5.74, 6) is -0.283. The molecule has 3 rings (SSSR count). The quantitative estimate of drug-likeness (QED) is 0.810. The lowest BCUT2D eigenvalue weighted by Crippen LogP contribution is -2.40. The topological polar surface area (TPSA) is 91.9 Å². The molecule has 1 aromatic heterocycles. The fourth-order valence-corrected chi connectivity index (χ4v) is 3.01. The van der Waals surface area contributed by atoms with Crippen LogP contribution >= 0.6 is 15.9 Å². The van der Waals surface area contributed by atoms with Crippen LogP contribution in [-0.4, -0.2) is 35.1 Å². The van der Waals surface area contributed by atoms with Gasteiger partial charge in [0.15, 0.2) is 0 Å². The van der Waals surface area contributed by atoms with Gasteiger partial charge >= 0.3 is 0 Å². The van der Waals surface area contributed by atoms with E-state index in [4.69, 9.17) is 5.73 Å². The zero-order valence-electron chi connectivity index (χ0n) is 14.2. The zero-order valence-corrected chi connectivity index (χ0v) is 15.8. The van der Waals surface area contributed by atoms with E-state index in [1.54, 1.807) is 12.3 Å². The molecule has 7 nitrogen and oxygen atoms in total. The van der Waals surface area contributed by atoms with E-state index in [1.165, 1.54) is 9.91 Å². The number of primary amides is 1. The van der Waals surface area contributed by atoms with E-state index in [-0.39, 0.29) is 18.0 Å². The number of carbonyl (C=O) groups is 2. The Kier molecular flexibility index (Phi) is 5.32. The van der Waals surface area contributed by atoms with Crippen LogP contribution in [0.3, 0.4) is 0 Å². The Hall–Kier alpha value is -2.74. The Morgan fingerprint density at radius 2 is 2.00 bits per heavy atom. The second-order valence-electron chi connectivity index (χ2n) is 5.73. The number of carbonyl (C=O) groups excluding carboxylic acids is 2. The molecule has 1 atom stereocenters. The number of nitrogens with two attached hydrogens (primary N) is 1. The maximum absolute atomic E-state index is 13.0. The summed E-state index contributed by atoms with van der Waals surface area (Å²) in [5.41, 5.74) is 6.52. The first-order valence-corrected chi connectivity index (χ1v) is 8.95. The van der Waals surface area contributed by atoms with Gasteiger partial charge in [-0.2, -0.15) is 5.10 Å². The molecule has 2 N–H and O–H groups in total. The number of hydrogen-bond donors (Lipinski definition) is 1. The van der Waals surface area contributed by atoms with Crippen molar-refractivity contribution in [2.45, 2.75) is 19.4 Å². The third-order valence-electron chi connectivity index (χ3n) is 4.06. The van der Waals surface area contributed by atoms with E-state index in [0.717, 1.165) is 4.47 Å². The normalized spacial score (nSPS) is 16.3. The molecule has 2 amide bonds. The van der Waals surface area contributed by atoms with Gasteiger partial charge in [0, 0.05) is 23.6 Å². The molecule has 0 radical (unpaired) electrons. The lowest BCUT2D eigenvalue weighted by Gasteiger charge is -2.20. The number of anilines is 2. The summed E-state index contributed by atoms with van der Waals surface area (Å²) in [6.45, 7) is 2.29. The zero-order chi connectivity index (χ0) is 18.7. The Morgan fingerprint density at radius 3 is 2.58 bits per heavy atom. The molecule has 0 bridgehead atoms. The summed E-state index contributed by atoms with van der Waals surface area (Å²) in [5, 5.41) is 5.91. The minimum Gasteiger partial charge on any atom is -0.368 e. The van der Waals surface area contributed by atoms with Gasteiger partial charge in [-0.15, -0.1) is 0 Å². The lowest BCUT2D eigenvalue weighted by molar-refractivity contribution is -0.119. The number of rotatable bonds is 5. The smallest absolute Gasteiger partial charge is 0.275 e. The molecule has 0 aliphatic carbocycles. The monoisotopic (exact) mass is 415 g/mol. The lowest BCUT2D eigenvalue weighted by atomic mass is 10.1. The fourth-order valence-electron chi connectivity index (χ4n) is 2.77. The van der Waals surface area contributed by atoms with E-state index < -0.39 is 11.9 Å². The van der Waals surface area contributed by atoms with Crippen LogP contribution < -0.4 is 15.6 Å². The Labute approximate surface area is 159 Å². The van der Waals surface area contributed by atoms with E-state index in [1.807, 2.05) is 43.3 Å². The van der Waals surface area contributed by atoms with Crippen LogP contribution in [0.1, 0.15) is 13.3 Å².